The molecule has 4 N–H and O–H groups in total. The van der Waals surface area contributed by atoms with Gasteiger partial charge in [-0.2, -0.15) is 0 Å². The summed E-state index contributed by atoms with van der Waals surface area (Å²) in [4.78, 5) is 13.5. The largest absolute Gasteiger partial charge is 0.479 e. The number of aliphatic carboxylic acids is 1. The highest BCUT2D eigenvalue weighted by Crippen LogP contribution is 2.43. The molecule has 4 unspecified atom stereocenters. The minimum absolute atomic E-state index is 0.372. The van der Waals surface area contributed by atoms with Crippen molar-refractivity contribution >= 4 is 17.6 Å². The highest BCUT2D eigenvalue weighted by Gasteiger charge is 2.51. The first-order valence-electron chi connectivity index (χ1n) is 10.2. The van der Waals surface area contributed by atoms with E-state index in [1.54, 1.807) is 24.3 Å². The van der Waals surface area contributed by atoms with Crippen LogP contribution in [0.4, 0.5) is 0 Å². The highest BCUT2D eigenvalue weighted by atomic mass is 35.5. The number of carboxylic acid groups (broad SMARTS) is 1. The fraction of sp³-hybridized carbons (Fsp3) is 0.435. The minimum Gasteiger partial charge on any atom is -0.479 e. The van der Waals surface area contributed by atoms with E-state index in [9.17, 15) is 25.2 Å². The van der Waals surface area contributed by atoms with Gasteiger partial charge in [0.25, 0.3) is 0 Å². The Morgan fingerprint density at radius 3 is 2.25 bits per heavy atom. The molecule has 8 nitrogen and oxygen atoms in total. The summed E-state index contributed by atoms with van der Waals surface area (Å²) < 4.78 is 11.8. The highest BCUT2D eigenvalue weighted by molar-refractivity contribution is 6.31. The van der Waals surface area contributed by atoms with Crippen LogP contribution in [0.15, 0.2) is 54.6 Å². The van der Waals surface area contributed by atoms with Crippen molar-refractivity contribution < 1.29 is 34.7 Å². The Morgan fingerprint density at radius 1 is 1.03 bits per heavy atom. The van der Waals surface area contributed by atoms with E-state index in [1.165, 1.54) is 0 Å². The van der Waals surface area contributed by atoms with Crippen molar-refractivity contribution in [2.45, 2.75) is 42.7 Å². The van der Waals surface area contributed by atoms with Crippen LogP contribution >= 0.6 is 11.6 Å². The average molecular weight is 466 g/mol. The second-order valence-corrected chi connectivity index (χ2v) is 8.49. The summed E-state index contributed by atoms with van der Waals surface area (Å²) in [5, 5.41) is 40.8. The molecule has 0 bridgehead atoms. The van der Waals surface area contributed by atoms with Gasteiger partial charge in [-0.25, -0.2) is 4.79 Å². The number of aliphatic hydroxyl groups is 3. The molecule has 2 aromatic carbocycles. The van der Waals surface area contributed by atoms with E-state index in [0.29, 0.717) is 29.1 Å². The van der Waals surface area contributed by atoms with Crippen molar-refractivity contribution in [2.75, 3.05) is 20.6 Å². The van der Waals surface area contributed by atoms with E-state index >= 15 is 0 Å². The summed E-state index contributed by atoms with van der Waals surface area (Å²) in [7, 11) is 3.80. The summed E-state index contributed by atoms with van der Waals surface area (Å²) in [6.45, 7) is 0.552. The maximum atomic E-state index is 11.6. The van der Waals surface area contributed by atoms with Gasteiger partial charge in [0.15, 0.2) is 12.4 Å². The number of nitrogens with zero attached hydrogens (tertiary/aromatic N) is 1. The molecule has 1 aliphatic heterocycles. The van der Waals surface area contributed by atoms with Crippen LogP contribution in [-0.4, -0.2) is 82.6 Å². The van der Waals surface area contributed by atoms with Gasteiger partial charge in [0, 0.05) is 17.1 Å². The second-order valence-electron chi connectivity index (χ2n) is 8.08. The fourth-order valence-electron chi connectivity index (χ4n) is 3.85. The van der Waals surface area contributed by atoms with Gasteiger partial charge >= 0.3 is 5.97 Å². The third kappa shape index (κ3) is 4.97. The Kier molecular flexibility index (Phi) is 7.89. The van der Waals surface area contributed by atoms with Crippen LogP contribution in [0.5, 0.6) is 0 Å². The van der Waals surface area contributed by atoms with Crippen LogP contribution in [0.25, 0.3) is 0 Å². The van der Waals surface area contributed by atoms with Gasteiger partial charge in [0.05, 0.1) is 0 Å². The third-order valence-electron chi connectivity index (χ3n) is 5.59. The number of hydrogen-bond acceptors (Lipinski definition) is 7. The number of halogens is 1. The molecule has 1 heterocycles. The van der Waals surface area contributed by atoms with Crippen molar-refractivity contribution in [1.29, 1.82) is 0 Å². The van der Waals surface area contributed by atoms with Gasteiger partial charge in [-0.15, -0.1) is 0 Å². The predicted octanol–water partition coefficient (Wildman–Crippen LogP) is 1.44. The molecule has 1 saturated heterocycles. The molecular weight excluding hydrogens is 438 g/mol. The number of hydrogen-bond donors (Lipinski definition) is 4. The molecule has 174 valence electrons. The molecule has 2 aromatic rings. The van der Waals surface area contributed by atoms with Crippen molar-refractivity contribution in [3.8, 4) is 0 Å². The number of carbonyl (C=O) groups is 1. The van der Waals surface area contributed by atoms with Crippen molar-refractivity contribution in [3.63, 3.8) is 0 Å². The zero-order chi connectivity index (χ0) is 23.5. The summed E-state index contributed by atoms with van der Waals surface area (Å²) in [5.41, 5.74) is 0.0527. The van der Waals surface area contributed by atoms with Gasteiger partial charge in [-0.05, 0) is 32.1 Å². The molecule has 0 saturated carbocycles. The standard InChI is InChI=1S/C23H28ClNO7/c1-25(2)13-12-23(14-8-4-3-5-9-14,15-10-6-7-11-16(15)24)32-22-19(28)17(26)18(27)20(31-22)21(29)30/h3-11,17-20,22,26-28H,12-13H2,1-2H3,(H,29,30)/t17?,18-,19?,20?,22+,23?/m1/s1. The topological polar surface area (TPSA) is 120 Å². The van der Waals surface area contributed by atoms with Gasteiger partial charge in [0.2, 0.25) is 0 Å². The molecular formula is C23H28ClNO7. The zero-order valence-corrected chi connectivity index (χ0v) is 18.6. The van der Waals surface area contributed by atoms with E-state index in [0.717, 1.165) is 0 Å². The molecule has 32 heavy (non-hydrogen) atoms. The number of carboxylic acids is 1. The maximum absolute atomic E-state index is 11.6. The van der Waals surface area contributed by atoms with Crippen LogP contribution in [0.2, 0.25) is 5.02 Å². The van der Waals surface area contributed by atoms with Crippen molar-refractivity contribution in [2.24, 2.45) is 0 Å². The molecule has 9 heteroatoms. The van der Waals surface area contributed by atoms with E-state index in [-0.39, 0.29) is 0 Å². The van der Waals surface area contributed by atoms with E-state index in [1.807, 2.05) is 49.3 Å². The quantitative estimate of drug-likeness (QED) is 0.462. The van der Waals surface area contributed by atoms with E-state index in [2.05, 4.69) is 0 Å². The second kappa shape index (κ2) is 10.3. The fourth-order valence-corrected chi connectivity index (χ4v) is 4.14. The Hall–Kier alpha value is -2.04. The van der Waals surface area contributed by atoms with Gasteiger partial charge in [-0.3, -0.25) is 0 Å². The molecule has 1 fully saturated rings. The Morgan fingerprint density at radius 2 is 1.66 bits per heavy atom. The molecule has 0 radical (unpaired) electrons. The van der Waals surface area contributed by atoms with E-state index in [4.69, 9.17) is 21.1 Å². The van der Waals surface area contributed by atoms with E-state index < -0.39 is 42.3 Å². The first-order valence-corrected chi connectivity index (χ1v) is 10.6. The summed E-state index contributed by atoms with van der Waals surface area (Å²) in [6, 6.07) is 16.3. The monoisotopic (exact) mass is 465 g/mol. The number of ether oxygens (including phenoxy) is 2. The summed E-state index contributed by atoms with van der Waals surface area (Å²) in [5.74, 6) is -1.48. The number of aliphatic hydroxyl groups excluding tert-OH is 3. The summed E-state index contributed by atoms with van der Waals surface area (Å²) >= 11 is 6.58. The van der Waals surface area contributed by atoms with Crippen LogP contribution in [0.1, 0.15) is 17.5 Å². The van der Waals surface area contributed by atoms with Crippen LogP contribution in [-0.2, 0) is 19.9 Å². The maximum Gasteiger partial charge on any atom is 0.335 e. The van der Waals surface area contributed by atoms with Crippen molar-refractivity contribution in [3.05, 3.63) is 70.7 Å². The lowest BCUT2D eigenvalue weighted by Gasteiger charge is -2.44. The van der Waals surface area contributed by atoms with Crippen LogP contribution < -0.4 is 0 Å². The molecule has 6 atom stereocenters. The SMILES string of the molecule is CN(C)CCC(O[C@@H]1OC(C(=O)O)[C@H](O)C(O)C1O)(c1ccccc1)c1ccccc1Cl. The summed E-state index contributed by atoms with van der Waals surface area (Å²) in [6.07, 6.45) is -8.22. The lowest BCUT2D eigenvalue weighted by molar-refractivity contribution is -0.318. The molecule has 0 aliphatic carbocycles. The lowest BCUT2D eigenvalue weighted by atomic mass is 9.82. The first-order chi connectivity index (χ1) is 15.2. The van der Waals surface area contributed by atoms with Gasteiger partial charge in [-0.1, -0.05) is 60.1 Å². The lowest BCUT2D eigenvalue weighted by Crippen LogP contribution is -2.61. The van der Waals surface area contributed by atoms with Gasteiger partial charge in [0.1, 0.15) is 23.9 Å². The molecule has 0 amide bonds. The molecule has 0 aromatic heterocycles. The van der Waals surface area contributed by atoms with Crippen LogP contribution in [0, 0.1) is 0 Å². The zero-order valence-electron chi connectivity index (χ0n) is 17.8. The Labute approximate surface area is 191 Å². The average Bonchev–Trinajstić information content (AvgIpc) is 2.77. The number of rotatable bonds is 8. The Balaban J connectivity index is 2.13. The van der Waals surface area contributed by atoms with Crippen LogP contribution in [0.3, 0.4) is 0 Å². The first kappa shape index (κ1) is 24.6. The molecule has 0 spiro atoms. The predicted molar refractivity (Wildman–Crippen MR) is 117 cm³/mol. The number of benzene rings is 2. The third-order valence-corrected chi connectivity index (χ3v) is 5.92. The van der Waals surface area contributed by atoms with Crippen molar-refractivity contribution in [1.82, 2.24) is 4.90 Å². The smallest absolute Gasteiger partial charge is 0.335 e. The molecule has 3 rings (SSSR count). The molecule has 1 aliphatic rings. The normalized spacial score (nSPS) is 27.8. The van der Waals surface area contributed by atoms with Gasteiger partial charge < -0.3 is 34.8 Å². The Bertz CT molecular complexity index is 912. The minimum atomic E-state index is -1.81.